The van der Waals surface area contributed by atoms with Crippen LogP contribution in [0.2, 0.25) is 0 Å². The molecule has 0 saturated heterocycles. The highest BCUT2D eigenvalue weighted by molar-refractivity contribution is 5.95. The van der Waals surface area contributed by atoms with Gasteiger partial charge < -0.3 is 23.0 Å². The Balaban J connectivity index is 1.90. The van der Waals surface area contributed by atoms with Crippen LogP contribution in [0.4, 0.5) is 0 Å². The minimum absolute atomic E-state index is 0.0245. The van der Waals surface area contributed by atoms with E-state index in [1.54, 1.807) is 39.3 Å². The molecule has 4 aromatic rings. The molecule has 0 spiro atoms. The van der Waals surface area contributed by atoms with E-state index in [2.05, 4.69) is 9.97 Å². The van der Waals surface area contributed by atoms with E-state index in [9.17, 15) is 4.79 Å². The van der Waals surface area contributed by atoms with Gasteiger partial charge in [-0.1, -0.05) is 18.2 Å². The first-order valence-corrected chi connectivity index (χ1v) is 9.55. The molecule has 2 aromatic carbocycles. The molecule has 0 bridgehead atoms. The van der Waals surface area contributed by atoms with Crippen LogP contribution >= 0.6 is 0 Å². The van der Waals surface area contributed by atoms with Crippen molar-refractivity contribution in [2.45, 2.75) is 6.92 Å². The molecule has 0 aliphatic carbocycles. The maximum absolute atomic E-state index is 12.4. The standard InChI is InChI=1S/C23H20N2O6/c1-4-29-23(26)19-21(30-13-24-19)18-20(15-10-11-16(27-2)17(12-15)28-3)31-22(25-18)14-8-6-5-7-9-14/h5-13H,4H2,1-3H3. The summed E-state index contributed by atoms with van der Waals surface area (Å²) in [6.45, 7) is 1.93. The van der Waals surface area contributed by atoms with Crippen LogP contribution in [0.1, 0.15) is 17.4 Å². The van der Waals surface area contributed by atoms with Crippen molar-refractivity contribution < 1.29 is 27.8 Å². The molecule has 8 heteroatoms. The molecule has 2 aromatic heterocycles. The van der Waals surface area contributed by atoms with Gasteiger partial charge in [-0.15, -0.1) is 0 Å². The first-order valence-electron chi connectivity index (χ1n) is 9.55. The van der Waals surface area contributed by atoms with E-state index in [4.69, 9.17) is 23.0 Å². The lowest BCUT2D eigenvalue weighted by Crippen LogP contribution is -2.06. The van der Waals surface area contributed by atoms with Crippen LogP contribution in [-0.2, 0) is 4.74 Å². The second kappa shape index (κ2) is 8.74. The fourth-order valence-corrected chi connectivity index (χ4v) is 3.11. The van der Waals surface area contributed by atoms with Crippen LogP contribution in [0.5, 0.6) is 11.5 Å². The average Bonchev–Trinajstić information content (AvgIpc) is 3.46. The smallest absolute Gasteiger partial charge is 0.361 e. The summed E-state index contributed by atoms with van der Waals surface area (Å²) in [5, 5.41) is 0. The number of aromatic nitrogens is 2. The summed E-state index contributed by atoms with van der Waals surface area (Å²) in [4.78, 5) is 21.0. The largest absolute Gasteiger partial charge is 0.493 e. The number of carbonyl (C=O) groups is 1. The number of hydrogen-bond donors (Lipinski definition) is 0. The van der Waals surface area contributed by atoms with Gasteiger partial charge in [0.1, 0.15) is 0 Å². The minimum atomic E-state index is -0.603. The van der Waals surface area contributed by atoms with Crippen LogP contribution in [0.3, 0.4) is 0 Å². The van der Waals surface area contributed by atoms with Gasteiger partial charge in [0.2, 0.25) is 5.89 Å². The fraction of sp³-hybridized carbons (Fsp3) is 0.174. The molecular formula is C23H20N2O6. The van der Waals surface area contributed by atoms with Crippen LogP contribution in [-0.4, -0.2) is 36.8 Å². The van der Waals surface area contributed by atoms with Crippen molar-refractivity contribution in [3.05, 3.63) is 60.6 Å². The number of nitrogens with zero attached hydrogens (tertiary/aromatic N) is 2. The Morgan fingerprint density at radius 2 is 1.74 bits per heavy atom. The Bertz CT molecular complexity index is 1200. The molecule has 31 heavy (non-hydrogen) atoms. The average molecular weight is 420 g/mol. The van der Waals surface area contributed by atoms with Crippen molar-refractivity contribution in [1.29, 1.82) is 0 Å². The number of benzene rings is 2. The van der Waals surface area contributed by atoms with Gasteiger partial charge in [0, 0.05) is 11.1 Å². The Morgan fingerprint density at radius 3 is 2.45 bits per heavy atom. The van der Waals surface area contributed by atoms with Gasteiger partial charge in [-0.2, -0.15) is 0 Å². The number of hydrogen-bond acceptors (Lipinski definition) is 8. The van der Waals surface area contributed by atoms with E-state index in [0.29, 0.717) is 34.4 Å². The predicted octanol–water partition coefficient (Wildman–Crippen LogP) is 4.86. The summed E-state index contributed by atoms with van der Waals surface area (Å²) in [6, 6.07) is 14.7. The molecule has 0 saturated carbocycles. The molecule has 0 amide bonds. The molecule has 0 aliphatic heterocycles. The zero-order valence-electron chi connectivity index (χ0n) is 17.2. The topological polar surface area (TPSA) is 96.8 Å². The van der Waals surface area contributed by atoms with Crippen molar-refractivity contribution in [3.63, 3.8) is 0 Å². The highest BCUT2D eigenvalue weighted by atomic mass is 16.5. The van der Waals surface area contributed by atoms with E-state index in [1.165, 1.54) is 6.39 Å². The molecule has 158 valence electrons. The highest BCUT2D eigenvalue weighted by Gasteiger charge is 2.27. The number of carbonyl (C=O) groups excluding carboxylic acids is 1. The summed E-state index contributed by atoms with van der Waals surface area (Å²) in [5.74, 6) is 1.41. The molecular weight excluding hydrogens is 400 g/mol. The van der Waals surface area contributed by atoms with Gasteiger partial charge in [0.05, 0.1) is 20.8 Å². The molecule has 4 rings (SSSR count). The molecule has 0 radical (unpaired) electrons. The lowest BCUT2D eigenvalue weighted by atomic mass is 10.1. The molecule has 8 nitrogen and oxygen atoms in total. The van der Waals surface area contributed by atoms with E-state index in [0.717, 1.165) is 5.56 Å². The number of esters is 1. The SMILES string of the molecule is CCOC(=O)c1ncoc1-c1nc(-c2ccccc2)oc1-c1ccc(OC)c(OC)c1. The third-order valence-corrected chi connectivity index (χ3v) is 4.54. The van der Waals surface area contributed by atoms with Crippen molar-refractivity contribution >= 4 is 5.97 Å². The second-order valence-electron chi connectivity index (χ2n) is 6.38. The minimum Gasteiger partial charge on any atom is -0.493 e. The van der Waals surface area contributed by atoms with Gasteiger partial charge >= 0.3 is 5.97 Å². The van der Waals surface area contributed by atoms with Crippen LogP contribution in [0.25, 0.3) is 34.2 Å². The van der Waals surface area contributed by atoms with E-state index in [1.807, 2.05) is 30.3 Å². The van der Waals surface area contributed by atoms with Crippen LogP contribution in [0.15, 0.2) is 63.8 Å². The molecule has 0 aliphatic rings. The first kappa shape index (κ1) is 20.2. The normalized spacial score (nSPS) is 10.7. The second-order valence-corrected chi connectivity index (χ2v) is 6.38. The lowest BCUT2D eigenvalue weighted by Gasteiger charge is -2.09. The molecule has 0 atom stereocenters. The molecule has 0 unspecified atom stereocenters. The Morgan fingerprint density at radius 1 is 0.968 bits per heavy atom. The summed E-state index contributed by atoms with van der Waals surface area (Å²) in [6.07, 6.45) is 1.18. The van der Waals surface area contributed by atoms with Crippen LogP contribution < -0.4 is 9.47 Å². The summed E-state index contributed by atoms with van der Waals surface area (Å²) < 4.78 is 27.5. The third kappa shape index (κ3) is 3.87. The lowest BCUT2D eigenvalue weighted by molar-refractivity contribution is 0.0520. The zero-order chi connectivity index (χ0) is 21.8. The predicted molar refractivity (Wildman–Crippen MR) is 112 cm³/mol. The molecule has 2 heterocycles. The van der Waals surface area contributed by atoms with Crippen molar-refractivity contribution in [1.82, 2.24) is 9.97 Å². The van der Waals surface area contributed by atoms with Gasteiger partial charge in [-0.05, 0) is 37.3 Å². The maximum Gasteiger partial charge on any atom is 0.361 e. The Hall–Kier alpha value is -4.07. The summed E-state index contributed by atoms with van der Waals surface area (Å²) >= 11 is 0. The van der Waals surface area contributed by atoms with Crippen molar-refractivity contribution in [2.75, 3.05) is 20.8 Å². The fourth-order valence-electron chi connectivity index (χ4n) is 3.11. The monoisotopic (exact) mass is 420 g/mol. The van der Waals surface area contributed by atoms with Gasteiger partial charge in [0.25, 0.3) is 0 Å². The van der Waals surface area contributed by atoms with E-state index in [-0.39, 0.29) is 18.1 Å². The first-order chi connectivity index (χ1) is 15.2. The third-order valence-electron chi connectivity index (χ3n) is 4.54. The Labute approximate surface area is 178 Å². The number of oxazole rings is 2. The van der Waals surface area contributed by atoms with Gasteiger partial charge in [-0.25, -0.2) is 14.8 Å². The number of methoxy groups -OCH3 is 2. The van der Waals surface area contributed by atoms with Crippen LogP contribution in [0, 0.1) is 0 Å². The maximum atomic E-state index is 12.4. The summed E-state index contributed by atoms with van der Waals surface area (Å²) in [5.41, 5.74) is 1.78. The quantitative estimate of drug-likeness (QED) is 0.391. The number of rotatable bonds is 7. The summed E-state index contributed by atoms with van der Waals surface area (Å²) in [7, 11) is 3.11. The van der Waals surface area contributed by atoms with Gasteiger partial charge in [-0.3, -0.25) is 0 Å². The highest BCUT2D eigenvalue weighted by Crippen LogP contribution is 2.40. The Kier molecular flexibility index (Phi) is 5.70. The molecule has 0 N–H and O–H groups in total. The van der Waals surface area contributed by atoms with E-state index >= 15 is 0 Å². The number of ether oxygens (including phenoxy) is 3. The zero-order valence-corrected chi connectivity index (χ0v) is 17.2. The van der Waals surface area contributed by atoms with Gasteiger partial charge in [0.15, 0.2) is 40.8 Å². The molecule has 0 fully saturated rings. The van der Waals surface area contributed by atoms with Crippen molar-refractivity contribution in [2.24, 2.45) is 0 Å². The van der Waals surface area contributed by atoms with E-state index < -0.39 is 5.97 Å². The van der Waals surface area contributed by atoms with Crippen molar-refractivity contribution in [3.8, 4) is 45.7 Å².